The van der Waals surface area contributed by atoms with Gasteiger partial charge in [0.1, 0.15) is 0 Å². The molecule has 0 aromatic heterocycles. The lowest BCUT2D eigenvalue weighted by Gasteiger charge is -2.21. The Kier molecular flexibility index (Phi) is 8.36. The molecule has 0 saturated heterocycles. The maximum Gasteiger partial charge on any atom is 0.244 e. The molecule has 0 aliphatic rings. The van der Waals surface area contributed by atoms with E-state index < -0.39 is 41.5 Å². The van der Waals surface area contributed by atoms with E-state index >= 15 is 0 Å². The van der Waals surface area contributed by atoms with Gasteiger partial charge in [-0.15, -0.1) is 0 Å². The van der Waals surface area contributed by atoms with Gasteiger partial charge in [-0.25, -0.2) is 13.2 Å². The molecular formula is C23H25F3N2O3. The maximum absolute atomic E-state index is 13.8. The molecule has 2 aromatic carbocycles. The Morgan fingerprint density at radius 1 is 0.968 bits per heavy atom. The predicted octanol–water partition coefficient (Wildman–Crippen LogP) is 4.56. The second-order valence-electron chi connectivity index (χ2n) is 7.33. The van der Waals surface area contributed by atoms with Gasteiger partial charge in [-0.3, -0.25) is 14.4 Å². The van der Waals surface area contributed by atoms with E-state index in [4.69, 9.17) is 0 Å². The first-order valence-electron chi connectivity index (χ1n) is 9.95. The Balaban J connectivity index is 2.00. The first-order chi connectivity index (χ1) is 14.6. The molecular weight excluding hydrogens is 409 g/mol. The number of aryl methyl sites for hydroxylation is 2. The zero-order valence-corrected chi connectivity index (χ0v) is 17.7. The van der Waals surface area contributed by atoms with Gasteiger partial charge in [0.05, 0.1) is 12.2 Å². The van der Waals surface area contributed by atoms with E-state index in [0.717, 1.165) is 17.2 Å². The highest BCUT2D eigenvalue weighted by atomic mass is 19.2. The smallest absolute Gasteiger partial charge is 0.244 e. The highest BCUT2D eigenvalue weighted by Gasteiger charge is 2.20. The molecule has 0 atom stereocenters. The van der Waals surface area contributed by atoms with Crippen LogP contribution in [0.3, 0.4) is 0 Å². The largest absolute Gasteiger partial charge is 0.333 e. The van der Waals surface area contributed by atoms with E-state index in [1.54, 1.807) is 6.07 Å². The van der Waals surface area contributed by atoms with Crippen molar-refractivity contribution >= 4 is 23.3 Å². The number of carbonyl (C=O) groups excluding carboxylic acids is 3. The molecule has 2 rings (SSSR count). The van der Waals surface area contributed by atoms with Crippen LogP contribution in [0, 0.1) is 31.3 Å². The average Bonchev–Trinajstić information content (AvgIpc) is 2.73. The molecule has 1 N–H and O–H groups in total. The minimum atomic E-state index is -1.69. The number of benzene rings is 2. The van der Waals surface area contributed by atoms with Crippen molar-refractivity contribution in [2.24, 2.45) is 0 Å². The van der Waals surface area contributed by atoms with Crippen LogP contribution in [0.4, 0.5) is 18.9 Å². The van der Waals surface area contributed by atoms with Gasteiger partial charge in [0, 0.05) is 24.9 Å². The van der Waals surface area contributed by atoms with Crippen molar-refractivity contribution in [3.63, 3.8) is 0 Å². The van der Waals surface area contributed by atoms with Gasteiger partial charge < -0.3 is 10.2 Å². The lowest BCUT2D eigenvalue weighted by atomic mass is 9.99. The molecule has 166 valence electrons. The monoisotopic (exact) mass is 434 g/mol. The van der Waals surface area contributed by atoms with Crippen molar-refractivity contribution in [3.05, 3.63) is 64.5 Å². The van der Waals surface area contributed by atoms with E-state index in [2.05, 4.69) is 5.32 Å². The van der Waals surface area contributed by atoms with Crippen LogP contribution < -0.4 is 5.32 Å². The van der Waals surface area contributed by atoms with Crippen molar-refractivity contribution in [2.75, 3.05) is 18.4 Å². The van der Waals surface area contributed by atoms with Gasteiger partial charge in [-0.1, -0.05) is 24.6 Å². The molecule has 31 heavy (non-hydrogen) atoms. The van der Waals surface area contributed by atoms with Crippen LogP contribution in [0.2, 0.25) is 0 Å². The van der Waals surface area contributed by atoms with Gasteiger partial charge in [0.25, 0.3) is 0 Å². The zero-order valence-electron chi connectivity index (χ0n) is 17.7. The summed E-state index contributed by atoms with van der Waals surface area (Å²) >= 11 is 0. The molecule has 0 bridgehead atoms. The summed E-state index contributed by atoms with van der Waals surface area (Å²) in [6.45, 7) is 5.36. The third kappa shape index (κ3) is 6.41. The summed E-state index contributed by atoms with van der Waals surface area (Å²) in [4.78, 5) is 38.6. The van der Waals surface area contributed by atoms with Crippen molar-refractivity contribution in [1.82, 2.24) is 4.90 Å². The summed E-state index contributed by atoms with van der Waals surface area (Å²) in [7, 11) is 0. The van der Waals surface area contributed by atoms with Crippen LogP contribution in [0.1, 0.15) is 47.7 Å². The second kappa shape index (κ2) is 10.7. The Morgan fingerprint density at radius 3 is 2.35 bits per heavy atom. The SMILES string of the molecule is CCCN(CC(=O)Nc1ccc(F)c(F)c1F)C(=O)CCC(=O)c1cc(C)ccc1C. The van der Waals surface area contributed by atoms with Crippen molar-refractivity contribution in [2.45, 2.75) is 40.0 Å². The minimum Gasteiger partial charge on any atom is -0.333 e. The molecule has 0 fully saturated rings. The van der Waals surface area contributed by atoms with Crippen LogP contribution >= 0.6 is 0 Å². The topological polar surface area (TPSA) is 66.5 Å². The highest BCUT2D eigenvalue weighted by molar-refractivity contribution is 6.00. The molecule has 0 spiro atoms. The summed E-state index contributed by atoms with van der Waals surface area (Å²) in [5.41, 5.74) is 1.80. The van der Waals surface area contributed by atoms with Crippen molar-refractivity contribution in [3.8, 4) is 0 Å². The number of hydrogen-bond donors (Lipinski definition) is 1. The molecule has 5 nitrogen and oxygen atoms in total. The number of amides is 2. The third-order valence-corrected chi connectivity index (χ3v) is 4.75. The summed E-state index contributed by atoms with van der Waals surface area (Å²) in [5.74, 6) is -5.90. The molecule has 0 aliphatic heterocycles. The van der Waals surface area contributed by atoms with Gasteiger partial charge in [-0.05, 0) is 44.0 Å². The number of anilines is 1. The molecule has 0 unspecified atom stereocenters. The first kappa shape index (κ1) is 24.1. The third-order valence-electron chi connectivity index (χ3n) is 4.75. The maximum atomic E-state index is 13.8. The Hall–Kier alpha value is -3.16. The second-order valence-corrected chi connectivity index (χ2v) is 7.33. The Bertz CT molecular complexity index is 992. The fraction of sp³-hybridized carbons (Fsp3) is 0.348. The van der Waals surface area contributed by atoms with Crippen molar-refractivity contribution in [1.29, 1.82) is 0 Å². The van der Waals surface area contributed by atoms with Crippen LogP contribution in [0.5, 0.6) is 0 Å². The van der Waals surface area contributed by atoms with Crippen LogP contribution in [-0.2, 0) is 9.59 Å². The number of Topliss-reactive ketones (excluding diaryl/α,β-unsaturated/α-hetero) is 1. The summed E-state index contributed by atoms with van der Waals surface area (Å²) in [6, 6.07) is 7.11. The highest BCUT2D eigenvalue weighted by Crippen LogP contribution is 2.20. The fourth-order valence-electron chi connectivity index (χ4n) is 3.10. The van der Waals surface area contributed by atoms with Gasteiger partial charge in [-0.2, -0.15) is 0 Å². The molecule has 0 aliphatic carbocycles. The molecule has 0 heterocycles. The number of carbonyl (C=O) groups is 3. The van der Waals surface area contributed by atoms with Gasteiger partial charge in [0.2, 0.25) is 11.8 Å². The van der Waals surface area contributed by atoms with Crippen LogP contribution in [-0.4, -0.2) is 35.6 Å². The molecule has 0 radical (unpaired) electrons. The quantitative estimate of drug-likeness (QED) is 0.465. The van der Waals surface area contributed by atoms with Crippen molar-refractivity contribution < 1.29 is 27.6 Å². The van der Waals surface area contributed by atoms with E-state index in [1.807, 2.05) is 32.9 Å². The molecule has 8 heteroatoms. The lowest BCUT2D eigenvalue weighted by molar-refractivity contribution is -0.134. The first-order valence-corrected chi connectivity index (χ1v) is 9.95. The Morgan fingerprint density at radius 2 is 1.68 bits per heavy atom. The summed E-state index contributed by atoms with van der Waals surface area (Å²) in [5, 5.41) is 2.14. The summed E-state index contributed by atoms with van der Waals surface area (Å²) < 4.78 is 40.1. The molecule has 0 saturated carbocycles. The van der Waals surface area contributed by atoms with Gasteiger partial charge >= 0.3 is 0 Å². The number of halogens is 3. The fourth-order valence-corrected chi connectivity index (χ4v) is 3.10. The van der Waals surface area contributed by atoms with Crippen LogP contribution in [0.15, 0.2) is 30.3 Å². The Labute approximate surface area is 179 Å². The number of nitrogens with zero attached hydrogens (tertiary/aromatic N) is 1. The zero-order chi connectivity index (χ0) is 23.1. The average molecular weight is 434 g/mol. The number of ketones is 1. The normalized spacial score (nSPS) is 10.6. The number of hydrogen-bond acceptors (Lipinski definition) is 3. The summed E-state index contributed by atoms with van der Waals surface area (Å²) in [6.07, 6.45) is 0.464. The predicted molar refractivity (Wildman–Crippen MR) is 111 cm³/mol. The number of nitrogens with one attached hydrogen (secondary N) is 1. The lowest BCUT2D eigenvalue weighted by Crippen LogP contribution is -2.38. The van der Waals surface area contributed by atoms with E-state index in [9.17, 15) is 27.6 Å². The number of rotatable bonds is 9. The standard InChI is InChI=1S/C23H25F3N2O3/c1-4-11-28(13-20(30)27-18-8-7-17(24)22(25)23(18)26)21(31)10-9-19(29)16-12-14(2)5-6-15(16)3/h5-8,12H,4,9-11,13H2,1-3H3,(H,27,30). The molecule has 2 amide bonds. The van der Waals surface area contributed by atoms with E-state index in [-0.39, 0.29) is 25.2 Å². The van der Waals surface area contributed by atoms with Gasteiger partial charge in [0.15, 0.2) is 23.2 Å². The molecule has 2 aromatic rings. The van der Waals surface area contributed by atoms with E-state index in [0.29, 0.717) is 18.1 Å². The minimum absolute atomic E-state index is 0.0111. The van der Waals surface area contributed by atoms with Crippen LogP contribution in [0.25, 0.3) is 0 Å². The van der Waals surface area contributed by atoms with E-state index in [1.165, 1.54) is 4.90 Å².